The molecule has 8 heteroatoms. The average Bonchev–Trinajstić information content (AvgIpc) is 2.91. The molecule has 0 aliphatic heterocycles. The number of hydrogen-bond acceptors (Lipinski definition) is 5. The molecule has 0 radical (unpaired) electrons. The number of carboxylic acid groups (broad SMARTS) is 1. The van der Waals surface area contributed by atoms with Crippen LogP contribution in [0.5, 0.6) is 0 Å². The highest BCUT2D eigenvalue weighted by molar-refractivity contribution is 6.31. The van der Waals surface area contributed by atoms with E-state index >= 15 is 0 Å². The Labute approximate surface area is 157 Å². The highest BCUT2D eigenvalue weighted by Crippen LogP contribution is 2.31. The number of carbonyl (C=O) groups excluding carboxylic acids is 1. The smallest absolute Gasteiger partial charge is 0.404 e. The summed E-state index contributed by atoms with van der Waals surface area (Å²) in [4.78, 5) is 28.9. The Morgan fingerprint density at radius 3 is 2.65 bits per heavy atom. The van der Waals surface area contributed by atoms with Gasteiger partial charge in [0.2, 0.25) is 0 Å². The Bertz CT molecular complexity index is 797. The van der Waals surface area contributed by atoms with Crippen LogP contribution in [0, 0.1) is 5.41 Å². The summed E-state index contributed by atoms with van der Waals surface area (Å²) >= 11 is 6.01. The van der Waals surface area contributed by atoms with Crippen LogP contribution in [0.2, 0.25) is 5.02 Å². The molecule has 2 aromatic rings. The number of nitrogens with zero attached hydrogens (tertiary/aromatic N) is 2. The Balaban J connectivity index is 2.43. The second kappa shape index (κ2) is 7.95. The van der Waals surface area contributed by atoms with Crippen LogP contribution < -0.4 is 10.2 Å². The first-order valence-corrected chi connectivity index (χ1v) is 8.74. The maximum Gasteiger partial charge on any atom is 0.404 e. The van der Waals surface area contributed by atoms with E-state index in [2.05, 4.69) is 10.3 Å². The van der Waals surface area contributed by atoms with Crippen molar-refractivity contribution in [2.45, 2.75) is 40.2 Å². The zero-order valence-corrected chi connectivity index (χ0v) is 16.1. The van der Waals surface area contributed by atoms with E-state index in [1.165, 1.54) is 6.92 Å². The predicted molar refractivity (Wildman–Crippen MR) is 101 cm³/mol. The van der Waals surface area contributed by atoms with Gasteiger partial charge in [0.05, 0.1) is 6.04 Å². The van der Waals surface area contributed by atoms with Crippen molar-refractivity contribution in [2.75, 3.05) is 18.0 Å². The van der Waals surface area contributed by atoms with Crippen molar-refractivity contribution in [1.82, 2.24) is 10.3 Å². The molecular formula is C18H24ClN3O4. The van der Waals surface area contributed by atoms with E-state index in [1.54, 1.807) is 18.2 Å². The number of benzene rings is 1. The summed E-state index contributed by atoms with van der Waals surface area (Å²) in [7, 11) is 0. The van der Waals surface area contributed by atoms with Gasteiger partial charge in [-0.3, -0.25) is 4.79 Å². The molecule has 1 atom stereocenters. The molecule has 1 unspecified atom stereocenters. The fourth-order valence-electron chi connectivity index (χ4n) is 2.74. The van der Waals surface area contributed by atoms with Gasteiger partial charge in [0.1, 0.15) is 11.3 Å². The quantitative estimate of drug-likeness (QED) is 0.753. The fourth-order valence-corrected chi connectivity index (χ4v) is 2.91. The standard InChI is InChI=1S/C18H24ClN3O4/c1-11(23)7-8-22(15(18(2,3)4)10-20-17(24)25)16-21-13-9-12(19)5-6-14(13)26-16/h5-6,9,15,20H,7-8,10H2,1-4H3,(H,24,25). The third-order valence-electron chi connectivity index (χ3n) is 4.11. The molecule has 0 aliphatic rings. The molecule has 2 N–H and O–H groups in total. The number of anilines is 1. The van der Waals surface area contributed by atoms with Crippen molar-refractivity contribution in [2.24, 2.45) is 5.41 Å². The number of Topliss-reactive ketones (excluding diaryl/α,β-unsaturated/α-hetero) is 1. The highest BCUT2D eigenvalue weighted by atomic mass is 35.5. The van der Waals surface area contributed by atoms with Gasteiger partial charge < -0.3 is 19.7 Å². The molecule has 1 heterocycles. The first kappa shape index (κ1) is 20.0. The third kappa shape index (κ3) is 5.11. The van der Waals surface area contributed by atoms with Crippen LogP contribution in [0.15, 0.2) is 22.6 Å². The normalized spacial score (nSPS) is 12.8. The SMILES string of the molecule is CC(=O)CCN(c1nc2cc(Cl)ccc2o1)C(CNC(=O)O)C(C)(C)C. The van der Waals surface area contributed by atoms with E-state index in [9.17, 15) is 9.59 Å². The molecule has 26 heavy (non-hydrogen) atoms. The first-order valence-electron chi connectivity index (χ1n) is 8.37. The van der Waals surface area contributed by atoms with E-state index in [1.807, 2.05) is 25.7 Å². The van der Waals surface area contributed by atoms with Crippen LogP contribution in [-0.4, -0.2) is 41.1 Å². The molecular weight excluding hydrogens is 358 g/mol. The largest absolute Gasteiger partial charge is 0.465 e. The van der Waals surface area contributed by atoms with Crippen molar-refractivity contribution < 1.29 is 19.1 Å². The van der Waals surface area contributed by atoms with E-state index in [0.29, 0.717) is 35.1 Å². The lowest BCUT2D eigenvalue weighted by Crippen LogP contribution is -2.51. The minimum atomic E-state index is -1.10. The van der Waals surface area contributed by atoms with Crippen LogP contribution in [0.4, 0.5) is 10.8 Å². The molecule has 7 nitrogen and oxygen atoms in total. The number of halogens is 1. The van der Waals surface area contributed by atoms with Crippen LogP contribution in [0.1, 0.15) is 34.1 Å². The van der Waals surface area contributed by atoms with Crippen molar-refractivity contribution >= 4 is 40.6 Å². The number of nitrogens with one attached hydrogen (secondary N) is 1. The maximum absolute atomic E-state index is 11.5. The lowest BCUT2D eigenvalue weighted by molar-refractivity contribution is -0.116. The van der Waals surface area contributed by atoms with E-state index < -0.39 is 6.09 Å². The monoisotopic (exact) mass is 381 g/mol. The predicted octanol–water partition coefficient (Wildman–Crippen LogP) is 3.95. The minimum Gasteiger partial charge on any atom is -0.465 e. The molecule has 1 aromatic heterocycles. The van der Waals surface area contributed by atoms with Gasteiger partial charge in [-0.05, 0) is 30.5 Å². The maximum atomic E-state index is 11.5. The van der Waals surface area contributed by atoms with Gasteiger partial charge in [-0.2, -0.15) is 4.98 Å². The molecule has 0 saturated heterocycles. The summed E-state index contributed by atoms with van der Waals surface area (Å²) in [5, 5.41) is 12.0. The van der Waals surface area contributed by atoms with Gasteiger partial charge in [-0.15, -0.1) is 0 Å². The Hall–Kier alpha value is -2.28. The molecule has 0 saturated carbocycles. The molecule has 1 aromatic carbocycles. The van der Waals surface area contributed by atoms with Crippen LogP contribution in [0.3, 0.4) is 0 Å². The number of fused-ring (bicyclic) bond motifs is 1. The van der Waals surface area contributed by atoms with Gasteiger partial charge in [0.25, 0.3) is 6.01 Å². The first-order chi connectivity index (χ1) is 12.1. The number of ketones is 1. The number of oxazole rings is 1. The van der Waals surface area contributed by atoms with Gasteiger partial charge in [0.15, 0.2) is 5.58 Å². The van der Waals surface area contributed by atoms with E-state index in [0.717, 1.165) is 0 Å². The van der Waals surface area contributed by atoms with Gasteiger partial charge in [-0.25, -0.2) is 4.79 Å². The highest BCUT2D eigenvalue weighted by Gasteiger charge is 2.33. The topological polar surface area (TPSA) is 95.7 Å². The lowest BCUT2D eigenvalue weighted by Gasteiger charge is -2.39. The number of hydrogen-bond donors (Lipinski definition) is 2. The summed E-state index contributed by atoms with van der Waals surface area (Å²) in [6.07, 6.45) is -0.797. The third-order valence-corrected chi connectivity index (χ3v) is 4.35. The molecule has 142 valence electrons. The number of carbonyl (C=O) groups is 2. The van der Waals surface area contributed by atoms with Gasteiger partial charge in [-0.1, -0.05) is 32.4 Å². The second-order valence-electron chi connectivity index (χ2n) is 7.32. The number of rotatable bonds is 7. The number of aromatic nitrogens is 1. The Morgan fingerprint density at radius 1 is 1.38 bits per heavy atom. The molecule has 0 fully saturated rings. The Morgan fingerprint density at radius 2 is 2.08 bits per heavy atom. The van der Waals surface area contributed by atoms with Gasteiger partial charge >= 0.3 is 6.09 Å². The summed E-state index contributed by atoms with van der Waals surface area (Å²) in [5.74, 6) is 0.0352. The Kier molecular flexibility index (Phi) is 6.13. The minimum absolute atomic E-state index is 0.0352. The zero-order valence-electron chi connectivity index (χ0n) is 15.4. The van der Waals surface area contributed by atoms with Crippen molar-refractivity contribution in [1.29, 1.82) is 0 Å². The molecule has 0 aliphatic carbocycles. The van der Waals surface area contributed by atoms with E-state index in [4.69, 9.17) is 21.1 Å². The molecule has 2 rings (SSSR count). The van der Waals surface area contributed by atoms with Crippen molar-refractivity contribution in [3.8, 4) is 0 Å². The van der Waals surface area contributed by atoms with Crippen LogP contribution >= 0.6 is 11.6 Å². The summed E-state index contributed by atoms with van der Waals surface area (Å²) in [5.41, 5.74) is 0.896. The molecule has 1 amide bonds. The molecule has 0 spiro atoms. The van der Waals surface area contributed by atoms with Crippen LogP contribution in [0.25, 0.3) is 11.1 Å². The summed E-state index contributed by atoms with van der Waals surface area (Å²) < 4.78 is 5.87. The van der Waals surface area contributed by atoms with Crippen molar-refractivity contribution in [3.05, 3.63) is 23.2 Å². The van der Waals surface area contributed by atoms with Gasteiger partial charge in [0, 0.05) is 24.5 Å². The lowest BCUT2D eigenvalue weighted by atomic mass is 9.85. The fraction of sp³-hybridized carbons (Fsp3) is 0.500. The zero-order chi connectivity index (χ0) is 19.5. The summed E-state index contributed by atoms with van der Waals surface area (Å²) in [6.45, 7) is 8.07. The summed E-state index contributed by atoms with van der Waals surface area (Å²) in [6, 6.07) is 5.23. The second-order valence-corrected chi connectivity index (χ2v) is 7.76. The molecule has 0 bridgehead atoms. The van der Waals surface area contributed by atoms with E-state index in [-0.39, 0.29) is 23.8 Å². The number of amides is 1. The average molecular weight is 382 g/mol. The van der Waals surface area contributed by atoms with Crippen LogP contribution in [-0.2, 0) is 4.79 Å². The van der Waals surface area contributed by atoms with Crippen molar-refractivity contribution in [3.63, 3.8) is 0 Å².